The van der Waals surface area contributed by atoms with E-state index in [1.165, 1.54) is 19.3 Å². The molecule has 1 saturated heterocycles. The summed E-state index contributed by atoms with van der Waals surface area (Å²) in [4.78, 5) is 16.6. The Labute approximate surface area is 150 Å². The number of likely N-dealkylation sites (tertiary alicyclic amines) is 1. The average molecular weight is 350 g/mol. The van der Waals surface area contributed by atoms with E-state index in [2.05, 4.69) is 11.8 Å². The van der Waals surface area contributed by atoms with E-state index in [0.29, 0.717) is 36.4 Å². The fraction of sp³-hybridized carbons (Fsp3) is 0.632. The Hall–Kier alpha value is -1.95. The van der Waals surface area contributed by atoms with E-state index in [1.54, 1.807) is 26.2 Å². The van der Waals surface area contributed by atoms with Crippen molar-refractivity contribution in [3.05, 3.63) is 17.7 Å². The summed E-state index contributed by atoms with van der Waals surface area (Å²) in [5.74, 6) is 1.88. The van der Waals surface area contributed by atoms with Crippen molar-refractivity contribution < 1.29 is 19.0 Å². The third kappa shape index (κ3) is 4.57. The Kier molecular flexibility index (Phi) is 6.93. The van der Waals surface area contributed by atoms with Crippen LogP contribution in [-0.2, 0) is 11.3 Å². The number of hydrogen-bond donors (Lipinski definition) is 0. The van der Waals surface area contributed by atoms with Crippen molar-refractivity contribution in [2.45, 2.75) is 38.8 Å². The zero-order valence-corrected chi connectivity index (χ0v) is 16.0. The van der Waals surface area contributed by atoms with Gasteiger partial charge in [-0.2, -0.15) is 0 Å². The number of rotatable bonds is 7. The molecule has 2 rings (SSSR count). The second-order valence-corrected chi connectivity index (χ2v) is 6.56. The Morgan fingerprint density at radius 2 is 1.88 bits per heavy atom. The second kappa shape index (κ2) is 8.94. The molecular weight excluding hydrogens is 320 g/mol. The van der Waals surface area contributed by atoms with Gasteiger partial charge in [-0.1, -0.05) is 6.42 Å². The highest BCUT2D eigenvalue weighted by Gasteiger charge is 2.23. The van der Waals surface area contributed by atoms with Gasteiger partial charge in [0.05, 0.1) is 27.9 Å². The van der Waals surface area contributed by atoms with Crippen molar-refractivity contribution in [1.82, 2.24) is 9.80 Å². The molecule has 6 heteroatoms. The molecule has 0 N–H and O–H groups in total. The lowest BCUT2D eigenvalue weighted by molar-refractivity contribution is -0.132. The Morgan fingerprint density at radius 1 is 1.16 bits per heavy atom. The Bertz CT molecular complexity index is 591. The van der Waals surface area contributed by atoms with Gasteiger partial charge in [0, 0.05) is 25.2 Å². The highest BCUT2D eigenvalue weighted by molar-refractivity contribution is 5.78. The Morgan fingerprint density at radius 3 is 2.48 bits per heavy atom. The molecule has 1 atom stereocenters. The number of nitrogens with zero attached hydrogens (tertiary/aromatic N) is 2. The van der Waals surface area contributed by atoms with Crippen molar-refractivity contribution in [1.29, 1.82) is 0 Å². The molecule has 1 aliphatic heterocycles. The maximum absolute atomic E-state index is 12.6. The van der Waals surface area contributed by atoms with E-state index in [0.717, 1.165) is 12.1 Å². The summed E-state index contributed by atoms with van der Waals surface area (Å²) >= 11 is 0. The molecule has 140 valence electrons. The summed E-state index contributed by atoms with van der Waals surface area (Å²) in [5.41, 5.74) is 0.891. The van der Waals surface area contributed by atoms with Crippen LogP contribution in [0.5, 0.6) is 17.2 Å². The number of piperidine rings is 1. The van der Waals surface area contributed by atoms with Gasteiger partial charge in [0.1, 0.15) is 0 Å². The van der Waals surface area contributed by atoms with E-state index in [4.69, 9.17) is 14.2 Å². The van der Waals surface area contributed by atoms with Crippen LogP contribution in [0.25, 0.3) is 0 Å². The van der Waals surface area contributed by atoms with E-state index in [9.17, 15) is 4.79 Å². The van der Waals surface area contributed by atoms with Gasteiger partial charge in [0.25, 0.3) is 0 Å². The van der Waals surface area contributed by atoms with Crippen LogP contribution in [0.1, 0.15) is 31.7 Å². The van der Waals surface area contributed by atoms with Crippen LogP contribution in [-0.4, -0.2) is 63.2 Å². The molecule has 0 aromatic heterocycles. The summed E-state index contributed by atoms with van der Waals surface area (Å²) in [6, 6.07) is 4.22. The lowest BCUT2D eigenvalue weighted by Gasteiger charge is -2.33. The van der Waals surface area contributed by atoms with Gasteiger partial charge in [-0.05, 0) is 38.4 Å². The smallest absolute Gasteiger partial charge is 0.236 e. The Balaban J connectivity index is 2.08. The number of methoxy groups -OCH3 is 3. The van der Waals surface area contributed by atoms with Crippen LogP contribution < -0.4 is 14.2 Å². The summed E-state index contributed by atoms with van der Waals surface area (Å²) in [6.07, 6.45) is 3.59. The number of likely N-dealkylation sites (N-methyl/N-ethyl adjacent to an activating group) is 1. The predicted octanol–water partition coefficient (Wildman–Crippen LogP) is 2.55. The summed E-state index contributed by atoms with van der Waals surface area (Å²) in [6.45, 7) is 4.13. The first-order valence-electron chi connectivity index (χ1n) is 8.77. The molecule has 0 spiro atoms. The normalized spacial score (nSPS) is 17.9. The minimum atomic E-state index is 0.116. The van der Waals surface area contributed by atoms with Gasteiger partial charge >= 0.3 is 0 Å². The fourth-order valence-electron chi connectivity index (χ4n) is 3.32. The highest BCUT2D eigenvalue weighted by atomic mass is 16.5. The quantitative estimate of drug-likeness (QED) is 0.756. The van der Waals surface area contributed by atoms with Gasteiger partial charge in [-0.25, -0.2) is 0 Å². The van der Waals surface area contributed by atoms with Gasteiger partial charge in [0.15, 0.2) is 11.5 Å². The van der Waals surface area contributed by atoms with Crippen LogP contribution in [0.4, 0.5) is 0 Å². The lowest BCUT2D eigenvalue weighted by Crippen LogP contribution is -2.44. The minimum Gasteiger partial charge on any atom is -0.493 e. The molecule has 1 aromatic carbocycles. The number of ether oxygens (including phenoxy) is 3. The number of carbonyl (C=O) groups is 1. The molecule has 1 heterocycles. The van der Waals surface area contributed by atoms with Gasteiger partial charge in [-0.15, -0.1) is 0 Å². The van der Waals surface area contributed by atoms with Crippen LogP contribution >= 0.6 is 0 Å². The third-order valence-electron chi connectivity index (χ3n) is 4.90. The van der Waals surface area contributed by atoms with E-state index in [1.807, 2.05) is 19.2 Å². The molecule has 1 fully saturated rings. The minimum absolute atomic E-state index is 0.116. The predicted molar refractivity (Wildman–Crippen MR) is 97.5 cm³/mol. The van der Waals surface area contributed by atoms with Crippen molar-refractivity contribution in [2.24, 2.45) is 0 Å². The first kappa shape index (κ1) is 19.4. The second-order valence-electron chi connectivity index (χ2n) is 6.56. The van der Waals surface area contributed by atoms with E-state index < -0.39 is 0 Å². The van der Waals surface area contributed by atoms with E-state index in [-0.39, 0.29) is 5.91 Å². The van der Waals surface area contributed by atoms with Crippen LogP contribution in [0, 0.1) is 0 Å². The van der Waals surface area contributed by atoms with Gasteiger partial charge in [0.2, 0.25) is 11.7 Å². The first-order chi connectivity index (χ1) is 12.0. The lowest BCUT2D eigenvalue weighted by atomic mass is 10.0. The molecule has 0 bridgehead atoms. The highest BCUT2D eigenvalue weighted by Crippen LogP contribution is 2.40. The van der Waals surface area contributed by atoms with Gasteiger partial charge in [-0.3, -0.25) is 9.69 Å². The maximum atomic E-state index is 12.6. The topological polar surface area (TPSA) is 51.2 Å². The summed E-state index contributed by atoms with van der Waals surface area (Å²) in [7, 11) is 6.59. The number of carbonyl (C=O) groups excluding carboxylic acids is 1. The zero-order valence-electron chi connectivity index (χ0n) is 16.0. The van der Waals surface area contributed by atoms with Crippen molar-refractivity contribution >= 4 is 5.91 Å². The molecule has 0 saturated carbocycles. The number of amides is 1. The molecule has 1 aromatic rings. The standard InChI is InChI=1S/C19H30N2O4/c1-14-8-6-7-11-21(14)13-17(22)20(2)12-15-9-10-16(23-3)19(25-5)18(15)24-4/h9-10,14H,6-8,11-13H2,1-5H3/t14-/m1/s1. The molecule has 1 aliphatic rings. The molecule has 0 aliphatic carbocycles. The largest absolute Gasteiger partial charge is 0.493 e. The monoisotopic (exact) mass is 350 g/mol. The van der Waals surface area contributed by atoms with Crippen LogP contribution in [0.15, 0.2) is 12.1 Å². The summed E-state index contributed by atoms with van der Waals surface area (Å²) < 4.78 is 16.2. The van der Waals surface area contributed by atoms with Crippen LogP contribution in [0.2, 0.25) is 0 Å². The van der Waals surface area contributed by atoms with Crippen LogP contribution in [0.3, 0.4) is 0 Å². The molecule has 25 heavy (non-hydrogen) atoms. The first-order valence-corrected chi connectivity index (χ1v) is 8.77. The van der Waals surface area contributed by atoms with Crippen molar-refractivity contribution in [3.63, 3.8) is 0 Å². The molecular formula is C19H30N2O4. The molecule has 6 nitrogen and oxygen atoms in total. The third-order valence-corrected chi connectivity index (χ3v) is 4.90. The number of benzene rings is 1. The van der Waals surface area contributed by atoms with Gasteiger partial charge < -0.3 is 19.1 Å². The molecule has 0 radical (unpaired) electrons. The van der Waals surface area contributed by atoms with Crippen molar-refractivity contribution in [3.8, 4) is 17.2 Å². The summed E-state index contributed by atoms with van der Waals surface area (Å²) in [5, 5.41) is 0. The average Bonchev–Trinajstić information content (AvgIpc) is 2.62. The molecule has 1 amide bonds. The van der Waals surface area contributed by atoms with Crippen molar-refractivity contribution in [2.75, 3.05) is 41.5 Å². The maximum Gasteiger partial charge on any atom is 0.236 e. The van der Waals surface area contributed by atoms with E-state index >= 15 is 0 Å². The SMILES string of the molecule is COc1ccc(CN(C)C(=O)CN2CCCC[C@H]2C)c(OC)c1OC. The molecule has 0 unspecified atom stereocenters. The zero-order chi connectivity index (χ0) is 18.4. The number of hydrogen-bond acceptors (Lipinski definition) is 5. The fourth-order valence-corrected chi connectivity index (χ4v) is 3.32.